The van der Waals surface area contributed by atoms with E-state index in [0.717, 1.165) is 0 Å². The van der Waals surface area contributed by atoms with Crippen molar-refractivity contribution < 1.29 is 5.11 Å². The molecule has 4 heteroatoms. The van der Waals surface area contributed by atoms with Crippen LogP contribution >= 0.6 is 0 Å². The minimum Gasteiger partial charge on any atom is -0.396 e. The monoisotopic (exact) mass is 205 g/mol. The van der Waals surface area contributed by atoms with E-state index in [1.54, 1.807) is 18.3 Å². The number of aromatic nitrogens is 1. The second-order valence-corrected chi connectivity index (χ2v) is 3.60. The van der Waals surface area contributed by atoms with Crippen LogP contribution in [0.5, 0.6) is 0 Å². The van der Waals surface area contributed by atoms with E-state index in [0.29, 0.717) is 11.4 Å². The van der Waals surface area contributed by atoms with Gasteiger partial charge in [0.15, 0.2) is 0 Å². The third-order valence-corrected chi connectivity index (χ3v) is 2.43. The number of aliphatic hydroxyl groups is 1. The molecule has 0 aromatic carbocycles. The fourth-order valence-electron chi connectivity index (χ4n) is 1.13. The van der Waals surface area contributed by atoms with E-state index in [1.165, 1.54) is 0 Å². The summed E-state index contributed by atoms with van der Waals surface area (Å²) in [5.41, 5.74) is 0.523. The Hall–Kier alpha value is -1.60. The highest BCUT2D eigenvalue weighted by Crippen LogP contribution is 2.13. The Bertz CT molecular complexity index is 359. The third-order valence-electron chi connectivity index (χ3n) is 2.43. The van der Waals surface area contributed by atoms with Crippen LogP contribution in [0.3, 0.4) is 0 Å². The van der Waals surface area contributed by atoms with E-state index in [9.17, 15) is 0 Å². The van der Waals surface area contributed by atoms with Crippen LogP contribution in [0.2, 0.25) is 0 Å². The fourth-order valence-corrected chi connectivity index (χ4v) is 1.13. The normalized spacial score (nSPS) is 14.0. The van der Waals surface area contributed by atoms with Gasteiger partial charge in [-0.2, -0.15) is 5.26 Å². The molecule has 0 fully saturated rings. The molecule has 15 heavy (non-hydrogen) atoms. The first kappa shape index (κ1) is 11.5. The number of nitrogens with one attached hydrogen (secondary N) is 1. The largest absolute Gasteiger partial charge is 0.396 e. The van der Waals surface area contributed by atoms with Crippen LogP contribution in [0.25, 0.3) is 0 Å². The van der Waals surface area contributed by atoms with Crippen LogP contribution in [0.1, 0.15) is 19.4 Å². The van der Waals surface area contributed by atoms with Gasteiger partial charge in [0.2, 0.25) is 0 Å². The highest BCUT2D eigenvalue weighted by atomic mass is 16.3. The fraction of sp³-hybridized carbons (Fsp3) is 0.455. The number of nitriles is 1. The summed E-state index contributed by atoms with van der Waals surface area (Å²) in [5, 5.41) is 21.0. The van der Waals surface area contributed by atoms with Crippen molar-refractivity contribution in [3.05, 3.63) is 23.9 Å². The van der Waals surface area contributed by atoms with Crippen molar-refractivity contribution in [2.45, 2.75) is 19.9 Å². The summed E-state index contributed by atoms with van der Waals surface area (Å²) in [6.45, 7) is 4.01. The number of hydrogen-bond donors (Lipinski definition) is 2. The molecule has 2 N–H and O–H groups in total. The van der Waals surface area contributed by atoms with Crippen LogP contribution in [0, 0.1) is 17.2 Å². The van der Waals surface area contributed by atoms with Crippen molar-refractivity contribution in [2.24, 2.45) is 5.92 Å². The molecular formula is C11H15N3O. The first-order chi connectivity index (χ1) is 7.19. The van der Waals surface area contributed by atoms with Crippen molar-refractivity contribution in [3.63, 3.8) is 0 Å². The molecule has 4 nitrogen and oxygen atoms in total. The summed E-state index contributed by atoms with van der Waals surface area (Å²) in [6, 6.07) is 5.59. The topological polar surface area (TPSA) is 68.9 Å². The van der Waals surface area contributed by atoms with Gasteiger partial charge in [-0.3, -0.25) is 0 Å². The molecule has 0 aliphatic heterocycles. The standard InChI is InChI=1S/C11H15N3O/c1-8(7-15)9(2)14-11-10(6-12)4-3-5-13-11/h3-5,8-9,15H,7H2,1-2H3,(H,13,14). The van der Waals surface area contributed by atoms with E-state index in [-0.39, 0.29) is 18.6 Å². The second kappa shape index (κ2) is 5.32. The van der Waals surface area contributed by atoms with Crippen molar-refractivity contribution in [3.8, 4) is 6.07 Å². The molecule has 0 radical (unpaired) electrons. The van der Waals surface area contributed by atoms with Crippen molar-refractivity contribution in [2.75, 3.05) is 11.9 Å². The maximum atomic E-state index is 8.98. The van der Waals surface area contributed by atoms with Crippen LogP contribution in [-0.4, -0.2) is 22.7 Å². The average molecular weight is 205 g/mol. The second-order valence-electron chi connectivity index (χ2n) is 3.60. The Morgan fingerprint density at radius 2 is 2.33 bits per heavy atom. The lowest BCUT2D eigenvalue weighted by atomic mass is 10.1. The maximum absolute atomic E-state index is 8.98. The predicted molar refractivity (Wildman–Crippen MR) is 58.3 cm³/mol. The van der Waals surface area contributed by atoms with Gasteiger partial charge >= 0.3 is 0 Å². The lowest BCUT2D eigenvalue weighted by molar-refractivity contribution is 0.226. The molecule has 0 bridgehead atoms. The number of hydrogen-bond acceptors (Lipinski definition) is 4. The summed E-state index contributed by atoms with van der Waals surface area (Å²) in [6.07, 6.45) is 1.64. The summed E-state index contributed by atoms with van der Waals surface area (Å²) >= 11 is 0. The molecule has 2 unspecified atom stereocenters. The van der Waals surface area contributed by atoms with Gasteiger partial charge in [0.05, 0.1) is 5.56 Å². The van der Waals surface area contributed by atoms with E-state index >= 15 is 0 Å². The van der Waals surface area contributed by atoms with Crippen molar-refractivity contribution in [1.82, 2.24) is 4.98 Å². The molecular weight excluding hydrogens is 190 g/mol. The van der Waals surface area contributed by atoms with Crippen molar-refractivity contribution >= 4 is 5.82 Å². The third kappa shape index (κ3) is 2.93. The first-order valence-electron chi connectivity index (χ1n) is 4.91. The lowest BCUT2D eigenvalue weighted by Crippen LogP contribution is -2.27. The average Bonchev–Trinajstić information content (AvgIpc) is 2.28. The molecule has 1 aromatic heterocycles. The van der Waals surface area contributed by atoms with Crippen LogP contribution in [-0.2, 0) is 0 Å². The molecule has 0 saturated heterocycles. The molecule has 2 atom stereocenters. The van der Waals surface area contributed by atoms with Gasteiger partial charge in [0, 0.05) is 18.8 Å². The molecule has 0 aliphatic carbocycles. The zero-order chi connectivity index (χ0) is 11.3. The molecule has 1 heterocycles. The van der Waals surface area contributed by atoms with Gasteiger partial charge in [0.1, 0.15) is 11.9 Å². The van der Waals surface area contributed by atoms with E-state index in [1.807, 2.05) is 13.8 Å². The summed E-state index contributed by atoms with van der Waals surface area (Å²) in [7, 11) is 0. The van der Waals surface area contributed by atoms with Gasteiger partial charge in [-0.1, -0.05) is 6.92 Å². The molecule has 80 valence electrons. The zero-order valence-corrected chi connectivity index (χ0v) is 8.94. The summed E-state index contributed by atoms with van der Waals surface area (Å²) < 4.78 is 0. The molecule has 0 aliphatic rings. The Morgan fingerprint density at radius 3 is 2.93 bits per heavy atom. The van der Waals surface area contributed by atoms with Gasteiger partial charge in [-0.25, -0.2) is 4.98 Å². The molecule has 1 rings (SSSR count). The van der Waals surface area contributed by atoms with E-state index < -0.39 is 0 Å². The number of aliphatic hydroxyl groups excluding tert-OH is 1. The minimum absolute atomic E-state index is 0.0806. The Balaban J connectivity index is 2.77. The highest BCUT2D eigenvalue weighted by molar-refractivity contribution is 5.51. The molecule has 0 spiro atoms. The summed E-state index contributed by atoms with van der Waals surface area (Å²) in [5.74, 6) is 0.700. The SMILES string of the molecule is CC(CO)C(C)Nc1ncccc1C#N. The Kier molecular flexibility index (Phi) is 4.07. The smallest absolute Gasteiger partial charge is 0.144 e. The first-order valence-corrected chi connectivity index (χ1v) is 4.91. The van der Waals surface area contributed by atoms with E-state index in [4.69, 9.17) is 10.4 Å². The van der Waals surface area contributed by atoms with Crippen LogP contribution in [0.4, 0.5) is 5.82 Å². The van der Waals surface area contributed by atoms with Gasteiger partial charge in [-0.05, 0) is 25.0 Å². The quantitative estimate of drug-likeness (QED) is 0.779. The van der Waals surface area contributed by atoms with Gasteiger partial charge in [0.25, 0.3) is 0 Å². The summed E-state index contributed by atoms with van der Waals surface area (Å²) in [4.78, 5) is 4.09. The Labute approximate surface area is 89.6 Å². The number of nitrogens with zero attached hydrogens (tertiary/aromatic N) is 2. The molecule has 1 aromatic rings. The lowest BCUT2D eigenvalue weighted by Gasteiger charge is -2.20. The zero-order valence-electron chi connectivity index (χ0n) is 8.94. The minimum atomic E-state index is 0.0806. The number of pyridine rings is 1. The number of rotatable bonds is 4. The maximum Gasteiger partial charge on any atom is 0.144 e. The predicted octanol–water partition coefficient (Wildman–Crippen LogP) is 1.38. The van der Waals surface area contributed by atoms with Gasteiger partial charge < -0.3 is 10.4 Å². The molecule has 0 amide bonds. The van der Waals surface area contributed by atoms with Crippen LogP contribution < -0.4 is 5.32 Å². The highest BCUT2D eigenvalue weighted by Gasteiger charge is 2.12. The Morgan fingerprint density at radius 1 is 1.60 bits per heavy atom. The van der Waals surface area contributed by atoms with Gasteiger partial charge in [-0.15, -0.1) is 0 Å². The van der Waals surface area contributed by atoms with E-state index in [2.05, 4.69) is 16.4 Å². The van der Waals surface area contributed by atoms with Crippen LogP contribution in [0.15, 0.2) is 18.3 Å². The molecule has 0 saturated carbocycles. The van der Waals surface area contributed by atoms with Crippen molar-refractivity contribution in [1.29, 1.82) is 5.26 Å². The number of anilines is 1.